The first-order valence-corrected chi connectivity index (χ1v) is 7.69. The van der Waals surface area contributed by atoms with Crippen LogP contribution < -0.4 is 5.48 Å². The lowest BCUT2D eigenvalue weighted by atomic mass is 10.1. The van der Waals surface area contributed by atoms with Gasteiger partial charge < -0.3 is 0 Å². The normalized spacial score (nSPS) is 11.4. The summed E-state index contributed by atoms with van der Waals surface area (Å²) in [7, 11) is 0. The van der Waals surface area contributed by atoms with Crippen LogP contribution in [0.1, 0.15) is 21.7 Å². The molecule has 1 heterocycles. The van der Waals surface area contributed by atoms with Crippen molar-refractivity contribution >= 4 is 28.9 Å². The van der Waals surface area contributed by atoms with E-state index >= 15 is 0 Å². The molecular formula is C17H13ClN4O3. The third-order valence-corrected chi connectivity index (χ3v) is 3.59. The van der Waals surface area contributed by atoms with Gasteiger partial charge in [0.05, 0.1) is 12.1 Å². The lowest BCUT2D eigenvalue weighted by molar-refractivity contribution is 0.0990. The maximum absolute atomic E-state index is 12.3. The van der Waals surface area contributed by atoms with Gasteiger partial charge in [-0.3, -0.25) is 15.5 Å². The first-order chi connectivity index (χ1) is 12.2. The van der Waals surface area contributed by atoms with Gasteiger partial charge in [-0.2, -0.15) is 0 Å². The summed E-state index contributed by atoms with van der Waals surface area (Å²) in [6.45, 7) is 0. The molecule has 3 rings (SSSR count). The second kappa shape index (κ2) is 7.69. The summed E-state index contributed by atoms with van der Waals surface area (Å²) in [6, 6.07) is 15.5. The van der Waals surface area contributed by atoms with Crippen molar-refractivity contribution in [3.8, 4) is 0 Å². The van der Waals surface area contributed by atoms with Crippen molar-refractivity contribution in [1.29, 1.82) is 0 Å². The molecule has 1 aromatic heterocycles. The summed E-state index contributed by atoms with van der Waals surface area (Å²) >= 11 is 5.92. The van der Waals surface area contributed by atoms with Crippen LogP contribution in [-0.4, -0.2) is 27.1 Å². The molecule has 0 aliphatic rings. The molecular weight excluding hydrogens is 344 g/mol. The summed E-state index contributed by atoms with van der Waals surface area (Å²) in [6.07, 6.45) is -0.0426. The van der Waals surface area contributed by atoms with Crippen LogP contribution in [-0.2, 0) is 6.42 Å². The number of carbonyl (C=O) groups is 1. The van der Waals surface area contributed by atoms with E-state index in [4.69, 9.17) is 16.2 Å². The highest BCUT2D eigenvalue weighted by Crippen LogP contribution is 2.19. The largest absolute Gasteiger partial charge is 0.294 e. The zero-order chi connectivity index (χ0) is 17.6. The van der Waals surface area contributed by atoms with Crippen molar-refractivity contribution in [3.63, 3.8) is 0 Å². The Balaban J connectivity index is 1.88. The van der Waals surface area contributed by atoms with Crippen LogP contribution in [0.25, 0.3) is 0 Å². The number of amidine groups is 1. The van der Waals surface area contributed by atoms with Crippen molar-refractivity contribution in [2.24, 2.45) is 4.99 Å². The van der Waals surface area contributed by atoms with E-state index in [1.54, 1.807) is 48.5 Å². The Kier molecular flexibility index (Phi) is 5.17. The average molecular weight is 357 g/mol. The van der Waals surface area contributed by atoms with Crippen LogP contribution in [0.3, 0.4) is 0 Å². The number of ketones is 1. The molecule has 0 amide bonds. The monoisotopic (exact) mass is 356 g/mol. The molecule has 25 heavy (non-hydrogen) atoms. The standard InChI is InChI=1S/C17H13ClN4O3/c18-12-7-4-8-13(9-12)19-17(20-24)16-14(21-25-22-16)10-15(23)11-5-2-1-3-6-11/h1-9,24H,10H2,(H,19,20). The fourth-order valence-electron chi connectivity index (χ4n) is 2.19. The number of hydrogen-bond donors (Lipinski definition) is 2. The van der Waals surface area contributed by atoms with E-state index in [-0.39, 0.29) is 29.4 Å². The lowest BCUT2D eigenvalue weighted by Crippen LogP contribution is -2.22. The van der Waals surface area contributed by atoms with Crippen LogP contribution in [0.4, 0.5) is 5.69 Å². The topological polar surface area (TPSA) is 101 Å². The van der Waals surface area contributed by atoms with Gasteiger partial charge in [0.2, 0.25) is 0 Å². The van der Waals surface area contributed by atoms with Gasteiger partial charge in [0.1, 0.15) is 5.69 Å². The third-order valence-electron chi connectivity index (χ3n) is 3.36. The second-order valence-electron chi connectivity index (χ2n) is 5.08. The molecule has 2 aromatic carbocycles. The number of nitrogens with one attached hydrogen (secondary N) is 1. The zero-order valence-corrected chi connectivity index (χ0v) is 13.6. The van der Waals surface area contributed by atoms with Crippen LogP contribution in [0.2, 0.25) is 5.02 Å². The van der Waals surface area contributed by atoms with Gasteiger partial charge in [0.25, 0.3) is 0 Å². The van der Waals surface area contributed by atoms with Crippen molar-refractivity contribution in [3.05, 3.63) is 76.6 Å². The highest BCUT2D eigenvalue weighted by molar-refractivity contribution is 6.30. The Morgan fingerprint density at radius 3 is 2.68 bits per heavy atom. The Hall–Kier alpha value is -3.03. The SMILES string of the molecule is O=C(Cc1nonc1C(=Nc1cccc(Cl)c1)NO)c1ccccc1. The maximum atomic E-state index is 12.3. The first kappa shape index (κ1) is 16.8. The molecule has 3 aromatic rings. The van der Waals surface area contributed by atoms with E-state index in [1.165, 1.54) is 0 Å². The molecule has 0 unspecified atom stereocenters. The molecule has 126 valence electrons. The summed E-state index contributed by atoms with van der Waals surface area (Å²) < 4.78 is 4.72. The average Bonchev–Trinajstić information content (AvgIpc) is 3.08. The first-order valence-electron chi connectivity index (χ1n) is 7.32. The van der Waals surface area contributed by atoms with Gasteiger partial charge in [-0.05, 0) is 23.4 Å². The third kappa shape index (κ3) is 4.09. The van der Waals surface area contributed by atoms with Gasteiger partial charge in [0.15, 0.2) is 17.3 Å². The molecule has 0 saturated carbocycles. The number of aromatic nitrogens is 2. The summed E-state index contributed by atoms with van der Waals surface area (Å²) in [5, 5.41) is 17.4. The Bertz CT molecular complexity index is 909. The molecule has 0 fully saturated rings. The number of carbonyl (C=O) groups excluding carboxylic acids is 1. The van der Waals surface area contributed by atoms with Crippen LogP contribution in [0.15, 0.2) is 64.2 Å². The van der Waals surface area contributed by atoms with E-state index in [2.05, 4.69) is 15.3 Å². The van der Waals surface area contributed by atoms with Crippen molar-refractivity contribution < 1.29 is 14.6 Å². The van der Waals surface area contributed by atoms with Gasteiger partial charge in [-0.1, -0.05) is 53.2 Å². The van der Waals surface area contributed by atoms with E-state index in [0.717, 1.165) is 0 Å². The van der Waals surface area contributed by atoms with Crippen LogP contribution in [0, 0.1) is 0 Å². The number of nitrogens with zero attached hydrogens (tertiary/aromatic N) is 3. The molecule has 0 bridgehead atoms. The second-order valence-corrected chi connectivity index (χ2v) is 5.51. The lowest BCUT2D eigenvalue weighted by Gasteiger charge is -2.03. The van der Waals surface area contributed by atoms with E-state index in [9.17, 15) is 10.0 Å². The molecule has 0 spiro atoms. The van der Waals surface area contributed by atoms with Crippen molar-refractivity contribution in [2.75, 3.05) is 0 Å². The molecule has 0 aliphatic heterocycles. The Morgan fingerprint density at radius 1 is 1.16 bits per heavy atom. The van der Waals surface area contributed by atoms with Gasteiger partial charge in [0, 0.05) is 10.6 Å². The minimum absolute atomic E-state index is 0.000576. The number of aliphatic imine (C=N–C) groups is 1. The molecule has 7 nitrogen and oxygen atoms in total. The van der Waals surface area contributed by atoms with E-state index < -0.39 is 0 Å². The molecule has 0 atom stereocenters. The number of rotatable bonds is 5. The number of Topliss-reactive ketones (excluding diaryl/α,β-unsaturated/α-hetero) is 1. The summed E-state index contributed by atoms with van der Waals surface area (Å²) in [4.78, 5) is 16.5. The predicted octanol–water partition coefficient (Wildman–Crippen LogP) is 3.21. The maximum Gasteiger partial charge on any atom is 0.182 e. The number of hydrogen-bond acceptors (Lipinski definition) is 6. The highest BCUT2D eigenvalue weighted by Gasteiger charge is 2.19. The van der Waals surface area contributed by atoms with Crippen molar-refractivity contribution in [2.45, 2.75) is 6.42 Å². The minimum atomic E-state index is -0.155. The van der Waals surface area contributed by atoms with Gasteiger partial charge in [-0.15, -0.1) is 0 Å². The fourth-order valence-corrected chi connectivity index (χ4v) is 2.37. The van der Waals surface area contributed by atoms with E-state index in [0.29, 0.717) is 16.3 Å². The quantitative estimate of drug-likeness (QED) is 0.315. The molecule has 8 heteroatoms. The van der Waals surface area contributed by atoms with Gasteiger partial charge >= 0.3 is 0 Å². The van der Waals surface area contributed by atoms with Crippen LogP contribution in [0.5, 0.6) is 0 Å². The smallest absolute Gasteiger partial charge is 0.182 e. The molecule has 0 aliphatic carbocycles. The number of hydroxylamine groups is 1. The highest BCUT2D eigenvalue weighted by atomic mass is 35.5. The number of halogens is 1. The zero-order valence-electron chi connectivity index (χ0n) is 12.9. The Labute approximate surface area is 147 Å². The fraction of sp³-hybridized carbons (Fsp3) is 0.0588. The molecule has 0 radical (unpaired) electrons. The number of benzene rings is 2. The molecule has 2 N–H and O–H groups in total. The minimum Gasteiger partial charge on any atom is -0.294 e. The van der Waals surface area contributed by atoms with E-state index in [1.807, 2.05) is 11.5 Å². The summed E-state index contributed by atoms with van der Waals surface area (Å²) in [5.74, 6) is -0.156. The van der Waals surface area contributed by atoms with Crippen molar-refractivity contribution in [1.82, 2.24) is 15.8 Å². The summed E-state index contributed by atoms with van der Waals surface area (Å²) in [5.41, 5.74) is 3.40. The molecule has 0 saturated heterocycles. The predicted molar refractivity (Wildman–Crippen MR) is 91.3 cm³/mol. The van der Waals surface area contributed by atoms with Gasteiger partial charge in [-0.25, -0.2) is 9.62 Å². The Morgan fingerprint density at radius 2 is 1.96 bits per heavy atom. The van der Waals surface area contributed by atoms with Crippen LogP contribution >= 0.6 is 11.6 Å².